The van der Waals surface area contributed by atoms with Crippen molar-refractivity contribution in [1.82, 2.24) is 15.1 Å². The summed E-state index contributed by atoms with van der Waals surface area (Å²) in [5.41, 5.74) is 1.23. The van der Waals surface area contributed by atoms with Gasteiger partial charge in [0, 0.05) is 38.8 Å². The van der Waals surface area contributed by atoms with Gasteiger partial charge in [-0.3, -0.25) is 4.90 Å². The maximum atomic E-state index is 12.0. The van der Waals surface area contributed by atoms with Crippen molar-refractivity contribution in [2.24, 2.45) is 0 Å². The van der Waals surface area contributed by atoms with Gasteiger partial charge in [-0.2, -0.15) is 0 Å². The van der Waals surface area contributed by atoms with Gasteiger partial charge in [-0.05, 0) is 38.0 Å². The molecule has 0 aliphatic carbocycles. The van der Waals surface area contributed by atoms with Gasteiger partial charge in [0.15, 0.2) is 11.5 Å². The van der Waals surface area contributed by atoms with E-state index in [-0.39, 0.29) is 12.1 Å². The normalized spacial score (nSPS) is 15.5. The minimum Gasteiger partial charge on any atom is -0.493 e. The molecule has 1 aliphatic heterocycles. The molecule has 134 valence electrons. The second-order valence-electron chi connectivity index (χ2n) is 6.37. The standard InChI is InChI=1S/C18H29N3O3/c1-14(2)19-18(22)21-11-9-20(10-12-21)8-7-15-5-6-16(23-3)17(13-15)24-4/h5-6,13-14H,7-12H2,1-4H3,(H,19,22). The van der Waals surface area contributed by atoms with E-state index in [0.29, 0.717) is 0 Å². The second kappa shape index (κ2) is 8.78. The van der Waals surface area contributed by atoms with Crippen LogP contribution in [0.3, 0.4) is 0 Å². The Morgan fingerprint density at radius 2 is 1.79 bits per heavy atom. The maximum absolute atomic E-state index is 12.0. The minimum absolute atomic E-state index is 0.0459. The summed E-state index contributed by atoms with van der Waals surface area (Å²) < 4.78 is 10.6. The van der Waals surface area contributed by atoms with Crippen LogP contribution >= 0.6 is 0 Å². The predicted molar refractivity (Wildman–Crippen MR) is 94.9 cm³/mol. The number of carbonyl (C=O) groups excluding carboxylic acids is 1. The Bertz CT molecular complexity index is 540. The molecule has 1 N–H and O–H groups in total. The number of hydrogen-bond donors (Lipinski definition) is 1. The fourth-order valence-electron chi connectivity index (χ4n) is 2.84. The molecule has 1 aliphatic rings. The molecule has 0 saturated carbocycles. The smallest absolute Gasteiger partial charge is 0.317 e. The van der Waals surface area contributed by atoms with Gasteiger partial charge in [0.05, 0.1) is 14.2 Å². The zero-order valence-corrected chi connectivity index (χ0v) is 15.2. The van der Waals surface area contributed by atoms with Crippen molar-refractivity contribution in [3.8, 4) is 11.5 Å². The number of benzene rings is 1. The van der Waals surface area contributed by atoms with E-state index in [1.165, 1.54) is 5.56 Å². The molecule has 2 rings (SSSR count). The number of ether oxygens (including phenoxy) is 2. The molecule has 1 aromatic carbocycles. The van der Waals surface area contributed by atoms with Crippen molar-refractivity contribution in [2.75, 3.05) is 46.9 Å². The molecule has 1 heterocycles. The van der Waals surface area contributed by atoms with E-state index in [1.807, 2.05) is 30.9 Å². The van der Waals surface area contributed by atoms with Crippen LogP contribution in [0.5, 0.6) is 11.5 Å². The van der Waals surface area contributed by atoms with E-state index in [9.17, 15) is 4.79 Å². The lowest BCUT2D eigenvalue weighted by Gasteiger charge is -2.35. The first kappa shape index (κ1) is 18.4. The highest BCUT2D eigenvalue weighted by Gasteiger charge is 2.21. The molecule has 1 aromatic rings. The fraction of sp³-hybridized carbons (Fsp3) is 0.611. The van der Waals surface area contributed by atoms with Crippen LogP contribution in [-0.4, -0.2) is 68.8 Å². The van der Waals surface area contributed by atoms with E-state index in [0.717, 1.165) is 50.6 Å². The van der Waals surface area contributed by atoms with Gasteiger partial charge in [0.1, 0.15) is 0 Å². The lowest BCUT2D eigenvalue weighted by Crippen LogP contribution is -2.53. The lowest BCUT2D eigenvalue weighted by molar-refractivity contribution is 0.139. The van der Waals surface area contributed by atoms with Crippen LogP contribution in [0.4, 0.5) is 4.79 Å². The molecule has 0 aromatic heterocycles. The van der Waals surface area contributed by atoms with Gasteiger partial charge in [-0.1, -0.05) is 6.07 Å². The van der Waals surface area contributed by atoms with Crippen LogP contribution in [0.2, 0.25) is 0 Å². The summed E-state index contributed by atoms with van der Waals surface area (Å²) in [7, 11) is 3.30. The molecule has 6 nitrogen and oxygen atoms in total. The summed E-state index contributed by atoms with van der Waals surface area (Å²) in [6.45, 7) is 8.34. The highest BCUT2D eigenvalue weighted by atomic mass is 16.5. The van der Waals surface area contributed by atoms with E-state index < -0.39 is 0 Å². The topological polar surface area (TPSA) is 54.0 Å². The number of hydrogen-bond acceptors (Lipinski definition) is 4. The average molecular weight is 335 g/mol. The van der Waals surface area contributed by atoms with E-state index in [1.54, 1.807) is 14.2 Å². The Morgan fingerprint density at radius 3 is 2.38 bits per heavy atom. The summed E-state index contributed by atoms with van der Waals surface area (Å²) >= 11 is 0. The van der Waals surface area contributed by atoms with Crippen molar-refractivity contribution in [2.45, 2.75) is 26.3 Å². The third-order valence-electron chi connectivity index (χ3n) is 4.24. The van der Waals surface area contributed by atoms with Crippen molar-refractivity contribution in [3.63, 3.8) is 0 Å². The molecule has 1 saturated heterocycles. The number of carbonyl (C=O) groups is 1. The first-order valence-corrected chi connectivity index (χ1v) is 8.52. The molecular weight excluding hydrogens is 306 g/mol. The Kier molecular flexibility index (Phi) is 6.73. The van der Waals surface area contributed by atoms with Crippen LogP contribution < -0.4 is 14.8 Å². The Balaban J connectivity index is 1.79. The van der Waals surface area contributed by atoms with Gasteiger partial charge >= 0.3 is 6.03 Å². The number of urea groups is 1. The van der Waals surface area contributed by atoms with Crippen LogP contribution in [0.1, 0.15) is 19.4 Å². The van der Waals surface area contributed by atoms with E-state index in [4.69, 9.17) is 9.47 Å². The largest absolute Gasteiger partial charge is 0.493 e. The molecule has 0 unspecified atom stereocenters. The monoisotopic (exact) mass is 335 g/mol. The minimum atomic E-state index is 0.0459. The van der Waals surface area contributed by atoms with Crippen molar-refractivity contribution in [3.05, 3.63) is 23.8 Å². The van der Waals surface area contributed by atoms with Gasteiger partial charge in [0.2, 0.25) is 0 Å². The number of nitrogens with zero attached hydrogens (tertiary/aromatic N) is 2. The molecule has 24 heavy (non-hydrogen) atoms. The second-order valence-corrected chi connectivity index (χ2v) is 6.37. The summed E-state index contributed by atoms with van der Waals surface area (Å²) in [5, 5.41) is 2.95. The van der Waals surface area contributed by atoms with Crippen LogP contribution in [-0.2, 0) is 6.42 Å². The number of methoxy groups -OCH3 is 2. The molecule has 6 heteroatoms. The zero-order valence-electron chi connectivity index (χ0n) is 15.2. The summed E-state index contributed by atoms with van der Waals surface area (Å²) in [6.07, 6.45) is 0.957. The highest BCUT2D eigenvalue weighted by molar-refractivity contribution is 5.74. The van der Waals surface area contributed by atoms with E-state index >= 15 is 0 Å². The van der Waals surface area contributed by atoms with Gasteiger partial charge < -0.3 is 19.7 Å². The number of piperazine rings is 1. The molecule has 0 radical (unpaired) electrons. The first-order chi connectivity index (χ1) is 11.5. The van der Waals surface area contributed by atoms with Crippen molar-refractivity contribution >= 4 is 6.03 Å². The molecule has 0 atom stereocenters. The Morgan fingerprint density at radius 1 is 1.12 bits per heavy atom. The van der Waals surface area contributed by atoms with Gasteiger partial charge in [0.25, 0.3) is 0 Å². The Labute approximate surface area is 144 Å². The van der Waals surface area contributed by atoms with Crippen LogP contribution in [0, 0.1) is 0 Å². The lowest BCUT2D eigenvalue weighted by atomic mass is 10.1. The third-order valence-corrected chi connectivity index (χ3v) is 4.24. The van der Waals surface area contributed by atoms with Gasteiger partial charge in [-0.15, -0.1) is 0 Å². The summed E-state index contributed by atoms with van der Waals surface area (Å²) in [5.74, 6) is 1.52. The fourth-order valence-corrected chi connectivity index (χ4v) is 2.84. The van der Waals surface area contributed by atoms with Gasteiger partial charge in [-0.25, -0.2) is 4.79 Å². The molecule has 1 fully saturated rings. The number of nitrogens with one attached hydrogen (secondary N) is 1. The molecular formula is C18H29N3O3. The molecule has 0 bridgehead atoms. The van der Waals surface area contributed by atoms with Crippen molar-refractivity contribution in [1.29, 1.82) is 0 Å². The summed E-state index contributed by atoms with van der Waals surface area (Å²) in [6, 6.07) is 6.28. The number of rotatable bonds is 6. The summed E-state index contributed by atoms with van der Waals surface area (Å²) in [4.78, 5) is 16.3. The van der Waals surface area contributed by atoms with Crippen LogP contribution in [0.15, 0.2) is 18.2 Å². The molecule has 0 spiro atoms. The predicted octanol–water partition coefficient (Wildman–Crippen LogP) is 1.98. The van der Waals surface area contributed by atoms with E-state index in [2.05, 4.69) is 16.3 Å². The quantitative estimate of drug-likeness (QED) is 0.864. The first-order valence-electron chi connectivity index (χ1n) is 8.52. The van der Waals surface area contributed by atoms with Crippen LogP contribution in [0.25, 0.3) is 0 Å². The number of amides is 2. The zero-order chi connectivity index (χ0) is 17.5. The Hall–Kier alpha value is -1.95. The van der Waals surface area contributed by atoms with Crippen molar-refractivity contribution < 1.29 is 14.3 Å². The highest BCUT2D eigenvalue weighted by Crippen LogP contribution is 2.27. The molecule has 2 amide bonds. The maximum Gasteiger partial charge on any atom is 0.317 e. The average Bonchev–Trinajstić information content (AvgIpc) is 2.59. The third kappa shape index (κ3) is 5.03. The SMILES string of the molecule is COc1ccc(CCN2CCN(C(=O)NC(C)C)CC2)cc1OC.